The first-order valence-corrected chi connectivity index (χ1v) is 8.70. The third kappa shape index (κ3) is 2.94. The van der Waals surface area contributed by atoms with Gasteiger partial charge in [0.2, 0.25) is 15.5 Å². The van der Waals surface area contributed by atoms with E-state index in [4.69, 9.17) is 19.4 Å². The highest BCUT2D eigenvalue weighted by Crippen LogP contribution is 2.30. The van der Waals surface area contributed by atoms with Crippen molar-refractivity contribution >= 4 is 37.9 Å². The zero-order chi connectivity index (χ0) is 18.4. The van der Waals surface area contributed by atoms with E-state index in [1.165, 1.54) is 24.3 Å². The number of carboxylic acid groups (broad SMARTS) is 1. The maximum absolute atomic E-state index is 12.8. The second kappa shape index (κ2) is 5.87. The third-order valence-corrected chi connectivity index (χ3v) is 4.48. The van der Waals surface area contributed by atoms with Crippen LogP contribution in [0.2, 0.25) is 0 Å². The second-order valence-electron chi connectivity index (χ2n) is 5.22. The molecule has 0 atom stereocenters. The van der Waals surface area contributed by atoms with Crippen LogP contribution in [0.3, 0.4) is 0 Å². The molecule has 0 unspecified atom stereocenters. The fourth-order valence-electron chi connectivity index (χ4n) is 2.46. The Morgan fingerprint density at radius 3 is 2.56 bits per heavy atom. The molecule has 0 bridgehead atoms. The van der Waals surface area contributed by atoms with Gasteiger partial charge in [-0.25, -0.2) is 18.4 Å². The number of fused-ring (bicyclic) bond motifs is 2. The molecule has 8 nitrogen and oxygen atoms in total. The molecule has 3 N–H and O–H groups in total. The first-order valence-electron chi connectivity index (χ1n) is 7.16. The maximum Gasteiger partial charge on any atom is 0.335 e. The van der Waals surface area contributed by atoms with Gasteiger partial charge in [-0.1, -0.05) is 0 Å². The van der Waals surface area contributed by atoms with Gasteiger partial charge in [0.05, 0.1) is 27.8 Å². The van der Waals surface area contributed by atoms with Gasteiger partial charge < -0.3 is 14.3 Å². The minimum atomic E-state index is -4.08. The van der Waals surface area contributed by atoms with Gasteiger partial charge in [-0.05, 0) is 31.2 Å². The van der Waals surface area contributed by atoms with Crippen molar-refractivity contribution in [2.24, 2.45) is 5.14 Å². The zero-order valence-electron chi connectivity index (χ0n) is 13.0. The molecule has 130 valence electrons. The van der Waals surface area contributed by atoms with E-state index in [1.54, 1.807) is 6.92 Å². The van der Waals surface area contributed by atoms with E-state index in [-0.39, 0.29) is 44.8 Å². The van der Waals surface area contributed by atoms with Crippen LogP contribution in [0, 0.1) is 0 Å². The maximum atomic E-state index is 12.8. The normalized spacial score (nSPS) is 11.8. The van der Waals surface area contributed by atoms with Crippen molar-refractivity contribution in [1.82, 2.24) is 0 Å². The number of rotatable bonds is 4. The number of hydrogen-bond donors (Lipinski definition) is 2. The summed E-state index contributed by atoms with van der Waals surface area (Å²) in [5.74, 6) is -1.14. The predicted molar refractivity (Wildman–Crippen MR) is 89.5 cm³/mol. The lowest BCUT2D eigenvalue weighted by atomic mass is 10.1. The van der Waals surface area contributed by atoms with Crippen molar-refractivity contribution in [3.8, 4) is 5.75 Å². The molecule has 3 rings (SSSR count). The Balaban J connectivity index is 2.48. The topological polar surface area (TPSA) is 137 Å². The van der Waals surface area contributed by atoms with Gasteiger partial charge in [-0.2, -0.15) is 0 Å². The quantitative estimate of drug-likeness (QED) is 0.673. The van der Waals surface area contributed by atoms with Crippen molar-refractivity contribution in [3.05, 3.63) is 46.1 Å². The highest BCUT2D eigenvalue weighted by molar-refractivity contribution is 7.89. The molecule has 0 saturated carbocycles. The molecule has 1 aromatic heterocycles. The highest BCUT2D eigenvalue weighted by Gasteiger charge is 2.19. The molecule has 0 radical (unpaired) electrons. The van der Waals surface area contributed by atoms with Crippen LogP contribution in [-0.4, -0.2) is 26.1 Å². The minimum absolute atomic E-state index is 0.0152. The molecular formula is C16H13NO7S. The summed E-state index contributed by atoms with van der Waals surface area (Å²) in [6.07, 6.45) is 0. The van der Waals surface area contributed by atoms with Gasteiger partial charge >= 0.3 is 5.97 Å². The first kappa shape index (κ1) is 16.9. The molecule has 0 aliphatic carbocycles. The van der Waals surface area contributed by atoms with Crippen LogP contribution in [0.4, 0.5) is 0 Å². The smallest absolute Gasteiger partial charge is 0.335 e. The van der Waals surface area contributed by atoms with Crippen molar-refractivity contribution in [1.29, 1.82) is 0 Å². The van der Waals surface area contributed by atoms with E-state index >= 15 is 0 Å². The number of ether oxygens (including phenoxy) is 1. The summed E-state index contributed by atoms with van der Waals surface area (Å²) in [6.45, 7) is 1.90. The summed E-state index contributed by atoms with van der Waals surface area (Å²) < 4.78 is 34.4. The average molecular weight is 363 g/mol. The largest absolute Gasteiger partial charge is 0.490 e. The average Bonchev–Trinajstić information content (AvgIpc) is 2.54. The van der Waals surface area contributed by atoms with E-state index < -0.39 is 21.4 Å². The van der Waals surface area contributed by atoms with Crippen molar-refractivity contribution in [2.75, 3.05) is 6.61 Å². The van der Waals surface area contributed by atoms with Crippen molar-refractivity contribution in [3.63, 3.8) is 0 Å². The predicted octanol–water partition coefficient (Wildman–Crippen LogP) is 1.69. The number of carboxylic acids is 1. The molecule has 3 aromatic rings. The standard InChI is InChI=1S/C16H13NO7S/c1-2-23-13-7-9(25(17,21)22)6-11-14(18)10-5-8(16(19)20)3-4-12(10)24-15(11)13/h3-7H,2H2,1H3,(H,19,20)(H2,17,21,22). The van der Waals surface area contributed by atoms with Crippen LogP contribution in [0.15, 0.2) is 44.4 Å². The van der Waals surface area contributed by atoms with Gasteiger partial charge in [0.1, 0.15) is 5.58 Å². The highest BCUT2D eigenvalue weighted by atomic mass is 32.2. The molecule has 1 heterocycles. The van der Waals surface area contributed by atoms with Gasteiger partial charge in [-0.15, -0.1) is 0 Å². The molecule has 2 aromatic carbocycles. The van der Waals surface area contributed by atoms with E-state index in [1.807, 2.05) is 0 Å². The summed E-state index contributed by atoms with van der Waals surface area (Å²) in [6, 6.07) is 6.11. The number of benzene rings is 2. The zero-order valence-corrected chi connectivity index (χ0v) is 13.8. The van der Waals surface area contributed by atoms with Crippen molar-refractivity contribution < 1.29 is 27.5 Å². The number of aromatic carboxylic acids is 1. The van der Waals surface area contributed by atoms with E-state index in [2.05, 4.69) is 0 Å². The van der Waals surface area contributed by atoms with Crippen LogP contribution < -0.4 is 15.3 Å². The number of primary sulfonamides is 1. The lowest BCUT2D eigenvalue weighted by Gasteiger charge is -2.10. The van der Waals surface area contributed by atoms with Crippen LogP contribution >= 0.6 is 0 Å². The number of nitrogens with two attached hydrogens (primary N) is 1. The Bertz CT molecular complexity index is 1180. The molecule has 0 saturated heterocycles. The monoisotopic (exact) mass is 363 g/mol. The molecule has 0 aliphatic heterocycles. The van der Waals surface area contributed by atoms with Crippen LogP contribution in [-0.2, 0) is 10.0 Å². The Morgan fingerprint density at radius 1 is 1.24 bits per heavy atom. The molecule has 0 fully saturated rings. The third-order valence-electron chi connectivity index (χ3n) is 3.58. The Hall–Kier alpha value is -2.91. The fourth-order valence-corrected chi connectivity index (χ4v) is 3.02. The molecule has 9 heteroatoms. The van der Waals surface area contributed by atoms with Gasteiger partial charge in [-0.3, -0.25) is 4.79 Å². The number of sulfonamides is 1. The van der Waals surface area contributed by atoms with E-state index in [0.717, 1.165) is 6.07 Å². The van der Waals surface area contributed by atoms with Crippen molar-refractivity contribution in [2.45, 2.75) is 11.8 Å². The lowest BCUT2D eigenvalue weighted by molar-refractivity contribution is 0.0697. The van der Waals surface area contributed by atoms with Crippen LogP contribution in [0.5, 0.6) is 5.75 Å². The minimum Gasteiger partial charge on any atom is -0.490 e. The summed E-state index contributed by atoms with van der Waals surface area (Å²) in [5.41, 5.74) is -0.445. The summed E-state index contributed by atoms with van der Waals surface area (Å²) >= 11 is 0. The number of hydrogen-bond acceptors (Lipinski definition) is 6. The Morgan fingerprint density at radius 2 is 1.96 bits per heavy atom. The Labute approximate surface area is 141 Å². The molecular weight excluding hydrogens is 350 g/mol. The fraction of sp³-hybridized carbons (Fsp3) is 0.125. The summed E-state index contributed by atoms with van der Waals surface area (Å²) in [4.78, 5) is 23.5. The second-order valence-corrected chi connectivity index (χ2v) is 6.78. The van der Waals surface area contributed by atoms with E-state index in [0.29, 0.717) is 0 Å². The summed E-state index contributed by atoms with van der Waals surface area (Å²) in [5, 5.41) is 14.2. The SMILES string of the molecule is CCOc1cc(S(N)(=O)=O)cc2c(=O)c3cc(C(=O)O)ccc3oc12. The number of carbonyl (C=O) groups is 1. The van der Waals surface area contributed by atoms with Gasteiger partial charge in [0.15, 0.2) is 11.3 Å². The van der Waals surface area contributed by atoms with E-state index in [9.17, 15) is 18.0 Å². The van der Waals surface area contributed by atoms with Gasteiger partial charge in [0, 0.05) is 6.07 Å². The Kier molecular flexibility index (Phi) is 3.97. The molecule has 25 heavy (non-hydrogen) atoms. The molecule has 0 amide bonds. The first-order chi connectivity index (χ1) is 11.7. The molecule has 0 spiro atoms. The van der Waals surface area contributed by atoms with Crippen LogP contribution in [0.25, 0.3) is 21.9 Å². The lowest BCUT2D eigenvalue weighted by Crippen LogP contribution is -2.14. The molecule has 0 aliphatic rings. The summed E-state index contributed by atoms with van der Waals surface area (Å²) in [7, 11) is -4.08. The van der Waals surface area contributed by atoms with Crippen LogP contribution in [0.1, 0.15) is 17.3 Å². The van der Waals surface area contributed by atoms with Gasteiger partial charge in [0.25, 0.3) is 0 Å².